The molecule has 8 bridgehead atoms. The third-order valence-electron chi connectivity index (χ3n) is 19.3. The number of hydrogen-bond donors (Lipinski definition) is 9. The number of benzene rings is 4. The zero-order chi connectivity index (χ0) is 78.9. The molecule has 9 N–H and O–H groups in total. The number of H-pyrrole nitrogens is 2. The van der Waals surface area contributed by atoms with Crippen LogP contribution in [0.15, 0.2) is 88.9 Å². The molecule has 2 aliphatic heterocycles. The first-order valence-corrected chi connectivity index (χ1v) is 46.5. The molecule has 34 nitrogen and oxygen atoms in total. The molecule has 0 spiro atoms. The summed E-state index contributed by atoms with van der Waals surface area (Å²) in [6, 6.07) is 10.4. The van der Waals surface area contributed by atoms with Crippen LogP contribution in [0.5, 0.6) is 0 Å². The van der Waals surface area contributed by atoms with Crippen molar-refractivity contribution in [2.75, 3.05) is 145 Å². The minimum absolute atomic E-state index is 0.0553. The predicted molar refractivity (Wildman–Crippen MR) is 417 cm³/mol. The molecule has 2 aliphatic rings. The van der Waals surface area contributed by atoms with Crippen LogP contribution in [-0.2, 0) is 70.2 Å². The third kappa shape index (κ3) is 19.1. The molecule has 9 rings (SSSR count). The van der Waals surface area contributed by atoms with Crippen molar-refractivity contribution in [1.82, 2.24) is 97.4 Å². The highest BCUT2D eigenvalue weighted by Gasteiger charge is 2.36. The molecular weight excluding hydrogens is 1530 g/mol. The van der Waals surface area contributed by atoms with Crippen molar-refractivity contribution in [2.45, 2.75) is 123 Å². The molecule has 0 fully saturated rings. The maximum Gasteiger partial charge on any atom is 0.241 e. The molecule has 3 aromatic heterocycles. The maximum atomic E-state index is 15.1. The van der Waals surface area contributed by atoms with E-state index in [0.717, 1.165) is 63.6 Å². The zero-order valence-electron chi connectivity index (χ0n) is 63.0. The molecule has 0 atom stereocenters. The Balaban J connectivity index is 1.47. The number of likely N-dealkylation sites (N-methyl/N-ethyl adjacent to an activating group) is 2. The molecule has 0 amide bonds. The van der Waals surface area contributed by atoms with E-state index in [1.54, 1.807) is 0 Å². The second kappa shape index (κ2) is 35.8. The summed E-state index contributed by atoms with van der Waals surface area (Å²) in [6.45, 7) is 27.4. The van der Waals surface area contributed by atoms with Gasteiger partial charge in [-0.05, 0) is 173 Å². The minimum Gasteiger partial charge on any atom is -0.324 e. The quantitative estimate of drug-likeness (QED) is 0.0244. The number of aromatic amines is 2. The Morgan fingerprint density at radius 1 is 0.287 bits per heavy atom. The second-order valence-corrected chi connectivity index (χ2v) is 37.9. The van der Waals surface area contributed by atoms with Crippen molar-refractivity contribution < 1.29 is 58.9 Å². The van der Waals surface area contributed by atoms with Crippen LogP contribution >= 0.6 is 0 Å². The highest BCUT2D eigenvalue weighted by molar-refractivity contribution is 7.93. The lowest BCUT2D eigenvalue weighted by Gasteiger charge is -2.19. The summed E-state index contributed by atoms with van der Waals surface area (Å²) in [5.74, 6) is -1.42. The van der Waals surface area contributed by atoms with Gasteiger partial charge in [0.25, 0.3) is 0 Å². The van der Waals surface area contributed by atoms with E-state index < -0.39 is 99.5 Å². The SMILES string of the molecule is CCN(CC)CCCNS(=O)(=O)c1ccc2c3nc4nc(nc5[nH]c(nc6nc(nc([nH]3)c2c1)-c1cc(S(=O)(=O)NCCCN(CC)CC)c(S(=O)(=O)NCCN(CC)CC)cc1-6)c1cc(S(=O)(=O)NCCN(CC)CC)c(S(=O)(=O)NCCCN(CC)CC)cc51)-c1cc(S(=O)(=O)NC)c(S(=O)(=O)NC)cc1-4. The highest BCUT2D eigenvalue weighted by atomic mass is 32.2. The molecule has 0 unspecified atom stereocenters. The smallest absolute Gasteiger partial charge is 0.241 e. The summed E-state index contributed by atoms with van der Waals surface area (Å²) in [7, 11) is -30.9. The third-order valence-corrected chi connectivity index (χ3v) is 30.1. The minimum atomic E-state index is -4.85. The Kier molecular flexibility index (Phi) is 28.3. The van der Waals surface area contributed by atoms with E-state index in [4.69, 9.17) is 29.9 Å². The molecule has 0 saturated carbocycles. The van der Waals surface area contributed by atoms with Crippen molar-refractivity contribution in [1.29, 1.82) is 0 Å². The highest BCUT2D eigenvalue weighted by Crippen LogP contribution is 2.43. The lowest BCUT2D eigenvalue weighted by atomic mass is 10.1. The topological polar surface area (TPSA) is 448 Å². The standard InChI is InChI=1S/C67H100N20O14S7/c1-13-83(14-2)33-23-28-70-102(88,89)45-26-27-46-47(38-45)61-75-60(46)76-62-48-39-54(103(90,91)68-11)55(104(92,93)69-12)40-49(48)63(78-62)79-65-51-42-57(106(96,97)72-30-25-35-85(17-5)18-6)59(108(100,101)74-32-37-87(21-9)22-10)44-53(51)67(81-65)82-66-52-43-58(107(98,99)73-31-36-86(19-7)20-8)56(41-50(52)64(77-61)80-66)105(94,95)71-29-24-34-84(15-3)16-4/h26-27,38-44,68-74H,13-25,28-37H2,1-12H3,(H2,75,76,77,78,79,80,81,82). The molecule has 0 saturated heterocycles. The van der Waals surface area contributed by atoms with Gasteiger partial charge in [-0.1, -0.05) is 69.2 Å². The number of rotatable bonds is 42. The van der Waals surface area contributed by atoms with Crippen LogP contribution in [0.4, 0.5) is 0 Å². The van der Waals surface area contributed by atoms with Gasteiger partial charge in [-0.3, -0.25) is 0 Å². The molecule has 7 aromatic rings. The molecule has 594 valence electrons. The first kappa shape index (κ1) is 85.4. The Hall–Kier alpha value is -6.59. The fraction of sp³-hybridized carbons (Fsp3) is 0.522. The normalized spacial score (nSPS) is 13.4. The molecule has 108 heavy (non-hydrogen) atoms. The monoisotopic (exact) mass is 1630 g/mol. The van der Waals surface area contributed by atoms with Crippen LogP contribution in [0.2, 0.25) is 0 Å². The fourth-order valence-electron chi connectivity index (χ4n) is 12.7. The molecular formula is C67H100N20O14S7. The van der Waals surface area contributed by atoms with E-state index >= 15 is 33.7 Å². The first-order chi connectivity index (χ1) is 51.2. The Morgan fingerprint density at radius 3 is 0.833 bits per heavy atom. The van der Waals surface area contributed by atoms with Crippen LogP contribution in [0.25, 0.3) is 89.7 Å². The lowest BCUT2D eigenvalue weighted by molar-refractivity contribution is 0.300. The number of hydrogen-bond acceptors (Lipinski definition) is 25. The lowest BCUT2D eigenvalue weighted by Crippen LogP contribution is -2.36. The van der Waals surface area contributed by atoms with E-state index in [0.29, 0.717) is 91.3 Å². The van der Waals surface area contributed by atoms with Crippen LogP contribution in [-0.4, -0.2) is 268 Å². The molecule has 5 heterocycles. The van der Waals surface area contributed by atoms with Gasteiger partial charge in [-0.25, -0.2) is 122 Å². The number of aromatic nitrogens is 8. The summed E-state index contributed by atoms with van der Waals surface area (Å²) in [6.07, 6.45) is 1.10. The van der Waals surface area contributed by atoms with E-state index in [9.17, 15) is 25.3 Å². The van der Waals surface area contributed by atoms with Gasteiger partial charge in [-0.2, -0.15) is 0 Å². The Labute approximate surface area is 634 Å². The summed E-state index contributed by atoms with van der Waals surface area (Å²) in [4.78, 5) is 41.5. The van der Waals surface area contributed by atoms with Crippen molar-refractivity contribution in [3.63, 3.8) is 0 Å². The summed E-state index contributed by atoms with van der Waals surface area (Å²) >= 11 is 0. The van der Waals surface area contributed by atoms with Crippen molar-refractivity contribution in [3.05, 3.63) is 54.6 Å². The van der Waals surface area contributed by atoms with Crippen LogP contribution in [0, 0.1) is 0 Å². The first-order valence-electron chi connectivity index (χ1n) is 36.2. The number of nitrogens with one attached hydrogen (secondary N) is 9. The molecule has 0 radical (unpaired) electrons. The van der Waals surface area contributed by atoms with E-state index in [2.05, 4.69) is 57.7 Å². The number of sulfonamides is 7. The van der Waals surface area contributed by atoms with Crippen molar-refractivity contribution in [2.24, 2.45) is 0 Å². The van der Waals surface area contributed by atoms with Crippen LogP contribution in [0.3, 0.4) is 0 Å². The Bertz CT molecular complexity index is 5480. The summed E-state index contributed by atoms with van der Waals surface area (Å²) in [5, 5.41) is -0.0897. The van der Waals surface area contributed by atoms with Gasteiger partial charge in [0.05, 0.1) is 4.90 Å². The van der Waals surface area contributed by atoms with Gasteiger partial charge >= 0.3 is 0 Å². The Morgan fingerprint density at radius 2 is 0.537 bits per heavy atom. The van der Waals surface area contributed by atoms with Gasteiger partial charge in [-0.15, -0.1) is 0 Å². The molecule has 4 aromatic carbocycles. The summed E-state index contributed by atoms with van der Waals surface area (Å²) < 4.78 is 223. The van der Waals surface area contributed by atoms with E-state index in [-0.39, 0.29) is 140 Å². The van der Waals surface area contributed by atoms with Crippen LogP contribution < -0.4 is 33.1 Å². The maximum absolute atomic E-state index is 15.1. The molecule has 41 heteroatoms. The fourth-order valence-corrected chi connectivity index (χ4v) is 22.0. The zero-order valence-corrected chi connectivity index (χ0v) is 68.7. The predicted octanol–water partition coefficient (Wildman–Crippen LogP) is 3.96. The van der Waals surface area contributed by atoms with Gasteiger partial charge in [0, 0.05) is 89.6 Å². The van der Waals surface area contributed by atoms with Gasteiger partial charge in [0.2, 0.25) is 70.2 Å². The second-order valence-electron chi connectivity index (χ2n) is 25.4. The summed E-state index contributed by atoms with van der Waals surface area (Å²) in [5.41, 5.74) is -1.50. The molecule has 0 aliphatic carbocycles. The van der Waals surface area contributed by atoms with Gasteiger partial charge in [0.15, 0.2) is 23.3 Å². The van der Waals surface area contributed by atoms with Crippen molar-refractivity contribution >= 4 is 114 Å². The van der Waals surface area contributed by atoms with Gasteiger partial charge < -0.3 is 34.5 Å². The average Bonchev–Trinajstić information content (AvgIpc) is 1.55. The van der Waals surface area contributed by atoms with Crippen LogP contribution in [0.1, 0.15) is 88.5 Å². The number of nitrogens with zero attached hydrogens (tertiary/aromatic N) is 11. The van der Waals surface area contributed by atoms with Gasteiger partial charge in [0.1, 0.15) is 52.0 Å². The largest absolute Gasteiger partial charge is 0.324 e. The van der Waals surface area contributed by atoms with E-state index in [1.807, 2.05) is 79.0 Å². The number of fused-ring (bicyclic) bond motifs is 20. The average molecular weight is 1630 g/mol. The van der Waals surface area contributed by atoms with Crippen molar-refractivity contribution in [3.8, 4) is 45.6 Å². The van der Waals surface area contributed by atoms with E-state index in [1.165, 1.54) is 18.2 Å².